The summed E-state index contributed by atoms with van der Waals surface area (Å²) < 4.78 is 16.0. The Morgan fingerprint density at radius 3 is 2.24 bits per heavy atom. The summed E-state index contributed by atoms with van der Waals surface area (Å²) in [6.45, 7) is 2.42. The highest BCUT2D eigenvalue weighted by Crippen LogP contribution is 2.31. The number of ether oxygens (including phenoxy) is 3. The average molecular weight is 534 g/mol. The van der Waals surface area contributed by atoms with Gasteiger partial charge in [-0.15, -0.1) is 0 Å². The van der Waals surface area contributed by atoms with E-state index in [-0.39, 0.29) is 18.2 Å². The predicted octanol–water partition coefficient (Wildman–Crippen LogP) is 4.59. The first-order valence-corrected chi connectivity index (χ1v) is 12.6. The van der Waals surface area contributed by atoms with E-state index in [1.165, 1.54) is 4.90 Å². The number of amides is 2. The second-order valence-corrected chi connectivity index (χ2v) is 9.29. The Balaban J connectivity index is 1.56. The summed E-state index contributed by atoms with van der Waals surface area (Å²) in [5, 5.41) is 3.25. The normalized spacial score (nSPS) is 15.0. The van der Waals surface area contributed by atoms with E-state index in [0.717, 1.165) is 11.1 Å². The molecule has 1 saturated heterocycles. The third kappa shape index (κ3) is 5.89. The van der Waals surface area contributed by atoms with Crippen LogP contribution in [0.2, 0.25) is 0 Å². The van der Waals surface area contributed by atoms with E-state index in [1.54, 1.807) is 45.6 Å². The smallest absolute Gasteiger partial charge is 0.256 e. The Labute approximate surface area is 228 Å². The number of anilines is 2. The van der Waals surface area contributed by atoms with E-state index >= 15 is 0 Å². The van der Waals surface area contributed by atoms with Gasteiger partial charge in [0.1, 0.15) is 11.8 Å². The van der Waals surface area contributed by atoms with Gasteiger partial charge in [0.15, 0.2) is 16.6 Å². The molecule has 0 aromatic heterocycles. The fourth-order valence-corrected chi connectivity index (χ4v) is 4.78. The van der Waals surface area contributed by atoms with Gasteiger partial charge >= 0.3 is 0 Å². The van der Waals surface area contributed by atoms with Crippen molar-refractivity contribution >= 4 is 40.5 Å². The lowest BCUT2D eigenvalue weighted by Gasteiger charge is -2.24. The van der Waals surface area contributed by atoms with Gasteiger partial charge in [0.25, 0.3) is 5.91 Å². The summed E-state index contributed by atoms with van der Waals surface area (Å²) in [7, 11) is 4.76. The molecule has 3 aromatic rings. The molecule has 2 amide bonds. The van der Waals surface area contributed by atoms with Crippen molar-refractivity contribution in [3.63, 3.8) is 0 Å². The molecule has 1 N–H and O–H groups in total. The number of aryl methyl sites for hydroxylation is 1. The van der Waals surface area contributed by atoms with Crippen LogP contribution >= 0.6 is 12.2 Å². The second-order valence-electron chi connectivity index (χ2n) is 8.92. The van der Waals surface area contributed by atoms with Crippen molar-refractivity contribution in [2.24, 2.45) is 0 Å². The van der Waals surface area contributed by atoms with Gasteiger partial charge in [-0.25, -0.2) is 0 Å². The molecule has 1 atom stereocenters. The molecule has 0 aliphatic carbocycles. The Kier molecular flexibility index (Phi) is 8.48. The van der Waals surface area contributed by atoms with Gasteiger partial charge in [0.2, 0.25) is 5.91 Å². The van der Waals surface area contributed by atoms with Crippen LogP contribution in [0, 0.1) is 6.92 Å². The van der Waals surface area contributed by atoms with E-state index in [4.69, 9.17) is 26.4 Å². The number of carbonyl (C=O) groups excluding carboxylic acids is 2. The van der Waals surface area contributed by atoms with Crippen LogP contribution in [-0.4, -0.2) is 55.7 Å². The number of methoxy groups -OCH3 is 3. The molecule has 8 nitrogen and oxygen atoms in total. The first-order chi connectivity index (χ1) is 18.3. The van der Waals surface area contributed by atoms with E-state index in [1.807, 2.05) is 54.3 Å². The standard InChI is InChI=1S/C29H31N3O5S/c1-19-5-8-21(9-6-19)30-27(33)18-24-28(34)32(22-10-12-23(35-2)13-11-22)29(38)31(24)16-15-20-7-14-25(36-3)26(17-20)37-4/h5-14,17,24H,15-16,18H2,1-4H3,(H,30,33). The zero-order chi connectivity index (χ0) is 27.2. The summed E-state index contributed by atoms with van der Waals surface area (Å²) in [6, 6.07) is 19.6. The van der Waals surface area contributed by atoms with Gasteiger partial charge in [-0.1, -0.05) is 23.8 Å². The molecule has 0 spiro atoms. The third-order valence-electron chi connectivity index (χ3n) is 6.45. The number of rotatable bonds is 10. The topological polar surface area (TPSA) is 80.3 Å². The Morgan fingerprint density at radius 2 is 1.61 bits per heavy atom. The number of carbonyl (C=O) groups is 2. The van der Waals surface area contributed by atoms with Crippen molar-refractivity contribution in [3.8, 4) is 17.2 Å². The van der Waals surface area contributed by atoms with Crippen molar-refractivity contribution < 1.29 is 23.8 Å². The average Bonchev–Trinajstić information content (AvgIpc) is 3.16. The van der Waals surface area contributed by atoms with Crippen LogP contribution in [0.3, 0.4) is 0 Å². The molecule has 0 bridgehead atoms. The lowest BCUT2D eigenvalue weighted by molar-refractivity contribution is -0.124. The van der Waals surface area contributed by atoms with Crippen LogP contribution in [0.5, 0.6) is 17.2 Å². The Hall–Kier alpha value is -4.11. The van der Waals surface area contributed by atoms with E-state index in [9.17, 15) is 9.59 Å². The maximum absolute atomic E-state index is 13.7. The van der Waals surface area contributed by atoms with Gasteiger partial charge in [0, 0.05) is 12.2 Å². The minimum Gasteiger partial charge on any atom is -0.497 e. The SMILES string of the molecule is COc1ccc(N2C(=O)C(CC(=O)Nc3ccc(C)cc3)N(CCc3ccc(OC)c(OC)c3)C2=S)cc1. The van der Waals surface area contributed by atoms with Gasteiger partial charge in [0.05, 0.1) is 33.4 Å². The zero-order valence-corrected chi connectivity index (χ0v) is 22.7. The molecule has 3 aromatic carbocycles. The van der Waals surface area contributed by atoms with Crippen LogP contribution in [-0.2, 0) is 16.0 Å². The summed E-state index contributed by atoms with van der Waals surface area (Å²) in [5.41, 5.74) is 3.38. The van der Waals surface area contributed by atoms with E-state index in [2.05, 4.69) is 5.32 Å². The van der Waals surface area contributed by atoms with Crippen LogP contribution < -0.4 is 24.4 Å². The first kappa shape index (κ1) is 26.9. The lowest BCUT2D eigenvalue weighted by Crippen LogP contribution is -2.39. The number of thiocarbonyl (C=S) groups is 1. The molecular formula is C29H31N3O5S. The zero-order valence-electron chi connectivity index (χ0n) is 21.9. The fraction of sp³-hybridized carbons (Fsp3) is 0.276. The number of hydrogen-bond donors (Lipinski definition) is 1. The molecule has 1 aliphatic rings. The quantitative estimate of drug-likeness (QED) is 0.382. The predicted molar refractivity (Wildman–Crippen MR) is 151 cm³/mol. The summed E-state index contributed by atoms with van der Waals surface area (Å²) in [4.78, 5) is 30.0. The number of benzene rings is 3. The van der Waals surface area contributed by atoms with Gasteiger partial charge < -0.3 is 24.4 Å². The summed E-state index contributed by atoms with van der Waals surface area (Å²) in [5.74, 6) is 1.43. The molecule has 38 heavy (non-hydrogen) atoms. The number of hydrogen-bond acceptors (Lipinski definition) is 6. The van der Waals surface area contributed by atoms with Crippen LogP contribution in [0.15, 0.2) is 66.7 Å². The highest BCUT2D eigenvalue weighted by molar-refractivity contribution is 7.80. The summed E-state index contributed by atoms with van der Waals surface area (Å²) in [6.07, 6.45) is 0.547. The minimum atomic E-state index is -0.741. The molecule has 1 fully saturated rings. The van der Waals surface area contributed by atoms with Crippen molar-refractivity contribution in [2.45, 2.75) is 25.8 Å². The third-order valence-corrected chi connectivity index (χ3v) is 6.87. The fourth-order valence-electron chi connectivity index (χ4n) is 4.37. The summed E-state index contributed by atoms with van der Waals surface area (Å²) >= 11 is 5.78. The van der Waals surface area contributed by atoms with Crippen LogP contribution in [0.1, 0.15) is 17.5 Å². The Bertz CT molecular complexity index is 1310. The first-order valence-electron chi connectivity index (χ1n) is 12.2. The van der Waals surface area contributed by atoms with Crippen LogP contribution in [0.4, 0.5) is 11.4 Å². The van der Waals surface area contributed by atoms with E-state index in [0.29, 0.717) is 46.7 Å². The number of nitrogens with one attached hydrogen (secondary N) is 1. The molecule has 1 aliphatic heterocycles. The lowest BCUT2D eigenvalue weighted by atomic mass is 10.1. The molecular weight excluding hydrogens is 502 g/mol. The molecule has 1 unspecified atom stereocenters. The van der Waals surface area contributed by atoms with Crippen LogP contribution in [0.25, 0.3) is 0 Å². The van der Waals surface area contributed by atoms with Crippen molar-refractivity contribution in [1.82, 2.24) is 4.90 Å². The minimum absolute atomic E-state index is 0.0363. The maximum Gasteiger partial charge on any atom is 0.256 e. The van der Waals surface area contributed by atoms with Gasteiger partial charge in [-0.05, 0) is 79.7 Å². The number of nitrogens with zero attached hydrogens (tertiary/aromatic N) is 2. The Morgan fingerprint density at radius 1 is 0.921 bits per heavy atom. The monoisotopic (exact) mass is 533 g/mol. The molecule has 4 rings (SSSR count). The molecule has 0 radical (unpaired) electrons. The van der Waals surface area contributed by atoms with Gasteiger partial charge in [-0.2, -0.15) is 0 Å². The molecule has 0 saturated carbocycles. The van der Waals surface area contributed by atoms with Crippen molar-refractivity contribution in [1.29, 1.82) is 0 Å². The molecule has 198 valence electrons. The second kappa shape index (κ2) is 12.0. The maximum atomic E-state index is 13.7. The van der Waals surface area contributed by atoms with E-state index < -0.39 is 6.04 Å². The highest BCUT2D eigenvalue weighted by Gasteiger charge is 2.44. The molecule has 1 heterocycles. The highest BCUT2D eigenvalue weighted by atomic mass is 32.1. The largest absolute Gasteiger partial charge is 0.497 e. The molecule has 9 heteroatoms. The van der Waals surface area contributed by atoms with Crippen molar-refractivity contribution in [3.05, 3.63) is 77.9 Å². The van der Waals surface area contributed by atoms with Crippen molar-refractivity contribution in [2.75, 3.05) is 38.1 Å². The van der Waals surface area contributed by atoms with Gasteiger partial charge in [-0.3, -0.25) is 14.5 Å².